The van der Waals surface area contributed by atoms with Crippen LogP contribution < -0.4 is 10.5 Å². The Labute approximate surface area is 188 Å². The summed E-state index contributed by atoms with van der Waals surface area (Å²) in [6.07, 6.45) is 1.41. The zero-order valence-corrected chi connectivity index (χ0v) is 18.2. The van der Waals surface area contributed by atoms with Crippen molar-refractivity contribution in [2.75, 3.05) is 13.2 Å². The highest BCUT2D eigenvalue weighted by Crippen LogP contribution is 2.82. The van der Waals surface area contributed by atoms with Crippen LogP contribution in [0.2, 0.25) is 0 Å². The number of aliphatic imine (C=N–C) groups is 1. The number of fused-ring (bicyclic) bond motifs is 1. The molecule has 0 bridgehead atoms. The van der Waals surface area contributed by atoms with Gasteiger partial charge in [0, 0.05) is 5.92 Å². The predicted octanol–water partition coefficient (Wildman–Crippen LogP) is 4.47. The molecule has 1 saturated carbocycles. The molecule has 3 atom stereocenters. The molecule has 164 valence electrons. The van der Waals surface area contributed by atoms with E-state index in [1.165, 1.54) is 0 Å². The van der Waals surface area contributed by atoms with Crippen molar-refractivity contribution in [3.63, 3.8) is 0 Å². The molecular weight excluding hydrogens is 404 g/mol. The summed E-state index contributed by atoms with van der Waals surface area (Å²) in [5.74, 6) is -0.804. The molecule has 4 rings (SSSR count). The van der Waals surface area contributed by atoms with Crippen LogP contribution in [0.3, 0.4) is 0 Å². The van der Waals surface area contributed by atoms with Crippen LogP contribution in [-0.2, 0) is 9.47 Å². The van der Waals surface area contributed by atoms with Gasteiger partial charge in [-0.15, -0.1) is 0 Å². The number of ether oxygens (including phenoxy) is 3. The Balaban J connectivity index is 1.77. The quantitative estimate of drug-likeness (QED) is 0.587. The molecule has 7 heteroatoms. The fourth-order valence-electron chi connectivity index (χ4n) is 4.72. The third-order valence-electron chi connectivity index (χ3n) is 6.10. The van der Waals surface area contributed by atoms with E-state index in [9.17, 15) is 10.5 Å². The average molecular weight is 431 g/mol. The lowest BCUT2D eigenvalue weighted by Gasteiger charge is -2.32. The maximum atomic E-state index is 10.4. The van der Waals surface area contributed by atoms with Gasteiger partial charge in [-0.05, 0) is 42.7 Å². The molecule has 2 N–H and O–H groups in total. The van der Waals surface area contributed by atoms with E-state index in [-0.39, 0.29) is 5.84 Å². The molecule has 7 nitrogen and oxygen atoms in total. The minimum absolute atomic E-state index is 0.0770. The summed E-state index contributed by atoms with van der Waals surface area (Å²) in [4.78, 5) is 4.45. The van der Waals surface area contributed by atoms with Gasteiger partial charge in [0.1, 0.15) is 22.7 Å². The highest BCUT2D eigenvalue weighted by atomic mass is 16.7. The van der Waals surface area contributed by atoms with Crippen LogP contribution in [0.1, 0.15) is 38.2 Å². The molecule has 1 fully saturated rings. The maximum absolute atomic E-state index is 10.4. The molecule has 0 amide bonds. The van der Waals surface area contributed by atoms with Crippen molar-refractivity contribution < 1.29 is 14.2 Å². The monoisotopic (exact) mass is 430 g/mol. The van der Waals surface area contributed by atoms with Crippen LogP contribution in [0, 0.1) is 33.5 Å². The summed E-state index contributed by atoms with van der Waals surface area (Å²) in [6.45, 7) is 4.58. The SMILES string of the molecule is CCCOC1(OCCC)N=C(N)C2(C#N)C(c3cccc(Oc4ccccc4)c3)C12C#N. The smallest absolute Gasteiger partial charge is 0.293 e. The Morgan fingerprint density at radius 2 is 1.59 bits per heavy atom. The normalized spacial score (nSPS) is 27.0. The fourth-order valence-corrected chi connectivity index (χ4v) is 4.72. The Hall–Kier alpha value is -3.39. The van der Waals surface area contributed by atoms with Gasteiger partial charge in [-0.2, -0.15) is 10.5 Å². The van der Waals surface area contributed by atoms with Crippen LogP contribution >= 0.6 is 0 Å². The summed E-state index contributed by atoms with van der Waals surface area (Å²) < 4.78 is 18.1. The van der Waals surface area contributed by atoms with E-state index in [4.69, 9.17) is 19.9 Å². The number of benzene rings is 2. The zero-order chi connectivity index (χ0) is 22.8. The lowest BCUT2D eigenvalue weighted by atomic mass is 9.93. The molecule has 0 radical (unpaired) electrons. The van der Waals surface area contributed by atoms with Gasteiger partial charge in [0.05, 0.1) is 25.4 Å². The summed E-state index contributed by atoms with van der Waals surface area (Å²) in [5.41, 5.74) is 4.37. The molecular formula is C25H26N4O3. The summed E-state index contributed by atoms with van der Waals surface area (Å²) >= 11 is 0. The first-order valence-corrected chi connectivity index (χ1v) is 10.8. The van der Waals surface area contributed by atoms with Crippen molar-refractivity contribution in [1.29, 1.82) is 10.5 Å². The number of amidine groups is 1. The standard InChI is InChI=1S/C25H26N4O3/c1-3-13-30-25(31-14-4-2)24(17-27)21(23(24,16-26)22(28)29-25)18-9-8-12-20(15-18)32-19-10-6-5-7-11-19/h5-12,15,21H,3-4,13-14H2,1-2H3,(H2,28,29). The van der Waals surface area contributed by atoms with Crippen LogP contribution in [0.15, 0.2) is 59.6 Å². The van der Waals surface area contributed by atoms with Crippen molar-refractivity contribution in [3.8, 4) is 23.6 Å². The van der Waals surface area contributed by atoms with Gasteiger partial charge in [0.15, 0.2) is 5.41 Å². The Morgan fingerprint density at radius 3 is 2.19 bits per heavy atom. The molecule has 0 saturated heterocycles. The van der Waals surface area contributed by atoms with E-state index in [0.29, 0.717) is 37.6 Å². The first-order valence-electron chi connectivity index (χ1n) is 10.8. The maximum Gasteiger partial charge on any atom is 0.293 e. The largest absolute Gasteiger partial charge is 0.457 e. The molecule has 2 aliphatic rings. The number of nitriles is 2. The van der Waals surface area contributed by atoms with E-state index >= 15 is 0 Å². The third kappa shape index (κ3) is 2.90. The first-order chi connectivity index (χ1) is 15.5. The topological polar surface area (TPSA) is 114 Å². The zero-order valence-electron chi connectivity index (χ0n) is 18.2. The number of nitrogens with two attached hydrogens (primary N) is 1. The number of hydrogen-bond acceptors (Lipinski definition) is 7. The summed E-state index contributed by atoms with van der Waals surface area (Å²) in [5, 5.41) is 20.7. The van der Waals surface area contributed by atoms with E-state index in [2.05, 4.69) is 17.1 Å². The first kappa shape index (κ1) is 21.8. The number of nitrogens with zero attached hydrogens (tertiary/aromatic N) is 3. The van der Waals surface area contributed by atoms with Crippen molar-refractivity contribution in [3.05, 3.63) is 60.2 Å². The molecule has 1 aliphatic heterocycles. The van der Waals surface area contributed by atoms with E-state index < -0.39 is 22.7 Å². The molecule has 32 heavy (non-hydrogen) atoms. The molecule has 2 aromatic carbocycles. The molecule has 3 unspecified atom stereocenters. The summed E-state index contributed by atoms with van der Waals surface area (Å²) in [6, 6.07) is 21.5. The molecule has 0 spiro atoms. The second-order valence-corrected chi connectivity index (χ2v) is 8.04. The van der Waals surface area contributed by atoms with Crippen LogP contribution in [0.25, 0.3) is 0 Å². The van der Waals surface area contributed by atoms with Crippen molar-refractivity contribution in [2.45, 2.75) is 38.5 Å². The average Bonchev–Trinajstić information content (AvgIpc) is 3.40. The van der Waals surface area contributed by atoms with E-state index in [0.717, 1.165) is 5.56 Å². The number of para-hydroxylation sites is 1. The highest BCUT2D eigenvalue weighted by molar-refractivity contribution is 6.00. The second-order valence-electron chi connectivity index (χ2n) is 8.04. The lowest BCUT2D eigenvalue weighted by molar-refractivity contribution is -0.259. The Bertz CT molecular complexity index is 1100. The molecule has 0 aromatic heterocycles. The van der Waals surface area contributed by atoms with Crippen LogP contribution in [0.5, 0.6) is 11.5 Å². The van der Waals surface area contributed by atoms with Crippen molar-refractivity contribution >= 4 is 5.84 Å². The molecule has 2 aromatic rings. The minimum Gasteiger partial charge on any atom is -0.457 e. The third-order valence-corrected chi connectivity index (χ3v) is 6.10. The van der Waals surface area contributed by atoms with Crippen LogP contribution in [0.4, 0.5) is 0 Å². The van der Waals surface area contributed by atoms with E-state index in [1.807, 2.05) is 68.4 Å². The number of rotatable bonds is 9. The second kappa shape index (κ2) is 8.27. The van der Waals surface area contributed by atoms with Gasteiger partial charge in [-0.1, -0.05) is 44.2 Å². The van der Waals surface area contributed by atoms with Gasteiger partial charge in [0.25, 0.3) is 5.91 Å². The minimum atomic E-state index is -1.62. The molecule has 1 heterocycles. The van der Waals surface area contributed by atoms with Gasteiger partial charge in [-0.3, -0.25) is 0 Å². The van der Waals surface area contributed by atoms with Gasteiger partial charge in [-0.25, -0.2) is 4.99 Å². The Kier molecular flexibility index (Phi) is 5.64. The van der Waals surface area contributed by atoms with E-state index in [1.54, 1.807) is 0 Å². The Morgan fingerprint density at radius 1 is 0.938 bits per heavy atom. The summed E-state index contributed by atoms with van der Waals surface area (Å²) in [7, 11) is 0. The van der Waals surface area contributed by atoms with Gasteiger partial charge < -0.3 is 19.9 Å². The van der Waals surface area contributed by atoms with Gasteiger partial charge >= 0.3 is 0 Å². The number of hydrogen-bond donors (Lipinski definition) is 1. The van der Waals surface area contributed by atoms with Crippen molar-refractivity contribution in [2.24, 2.45) is 21.6 Å². The van der Waals surface area contributed by atoms with Crippen molar-refractivity contribution in [1.82, 2.24) is 0 Å². The predicted molar refractivity (Wildman–Crippen MR) is 119 cm³/mol. The fraction of sp³-hybridized carbons (Fsp3) is 0.400. The lowest BCUT2D eigenvalue weighted by Crippen LogP contribution is -2.44. The van der Waals surface area contributed by atoms with Crippen LogP contribution in [-0.4, -0.2) is 25.0 Å². The molecule has 1 aliphatic carbocycles. The highest BCUT2D eigenvalue weighted by Gasteiger charge is 2.93. The van der Waals surface area contributed by atoms with Gasteiger partial charge in [0.2, 0.25) is 0 Å².